The van der Waals surface area contributed by atoms with Gasteiger partial charge in [-0.1, -0.05) is 69.3 Å². The molecule has 0 bridgehead atoms. The van der Waals surface area contributed by atoms with Gasteiger partial charge in [0.25, 0.3) is 0 Å². The Labute approximate surface area is 263 Å². The smallest absolute Gasteiger partial charge is 0.407 e. The summed E-state index contributed by atoms with van der Waals surface area (Å²) in [6.45, 7) is 6.19. The summed E-state index contributed by atoms with van der Waals surface area (Å²) in [6, 6.07) is 15.1. The zero-order valence-electron chi connectivity index (χ0n) is 25.8. The number of benzene rings is 2. The number of imidazole rings is 2. The van der Waals surface area contributed by atoms with Gasteiger partial charge in [0.15, 0.2) is 0 Å². The second-order valence-electron chi connectivity index (χ2n) is 11.4. The molecule has 0 saturated carbocycles. The Kier molecular flexibility index (Phi) is 9.57. The molecule has 2 atom stereocenters. The maximum atomic E-state index is 13.4. The lowest BCUT2D eigenvalue weighted by molar-refractivity contribution is -0.135. The molecule has 1 saturated heterocycles. The van der Waals surface area contributed by atoms with Crippen molar-refractivity contribution in [3.63, 3.8) is 0 Å². The van der Waals surface area contributed by atoms with Crippen molar-refractivity contribution < 1.29 is 22.7 Å². The van der Waals surface area contributed by atoms with E-state index in [4.69, 9.17) is 9.72 Å². The first kappa shape index (κ1) is 31.8. The maximum absolute atomic E-state index is 13.4. The molecule has 1 aliphatic heterocycles. The normalized spacial score (nSPS) is 15.7. The molecule has 0 spiro atoms. The number of H-pyrrole nitrogens is 2. The van der Waals surface area contributed by atoms with Gasteiger partial charge in [-0.15, -0.1) is 0 Å². The van der Waals surface area contributed by atoms with E-state index in [9.17, 15) is 18.0 Å². The number of sulfonamides is 1. The van der Waals surface area contributed by atoms with Crippen LogP contribution in [0.5, 0.6) is 0 Å². The molecule has 4 aromatic rings. The van der Waals surface area contributed by atoms with Crippen LogP contribution in [0.1, 0.15) is 51.9 Å². The van der Waals surface area contributed by atoms with E-state index in [-0.39, 0.29) is 29.6 Å². The zero-order valence-corrected chi connectivity index (χ0v) is 26.6. The highest BCUT2D eigenvalue weighted by atomic mass is 32.2. The van der Waals surface area contributed by atoms with Crippen LogP contribution in [0.3, 0.4) is 0 Å². The second-order valence-corrected chi connectivity index (χ2v) is 13.3. The highest BCUT2D eigenvalue weighted by Gasteiger charge is 2.37. The Morgan fingerprint density at radius 3 is 2.11 bits per heavy atom. The number of hydrogen-bond acceptors (Lipinski definition) is 7. The molecule has 0 aliphatic carbocycles. The number of carbonyl (C=O) groups excluding carboxylic acids is 2. The monoisotopic (exact) mass is 633 g/mol. The lowest BCUT2D eigenvalue weighted by Gasteiger charge is -2.29. The molecule has 0 unspecified atom stereocenters. The number of nitrogens with one attached hydrogen (secondary N) is 4. The molecule has 12 nitrogen and oxygen atoms in total. The van der Waals surface area contributed by atoms with Gasteiger partial charge < -0.3 is 24.9 Å². The van der Waals surface area contributed by atoms with Crippen molar-refractivity contribution in [2.24, 2.45) is 5.92 Å². The quantitative estimate of drug-likeness (QED) is 0.174. The van der Waals surface area contributed by atoms with Gasteiger partial charge in [-0.3, -0.25) is 9.52 Å². The topological polar surface area (TPSA) is 162 Å². The summed E-state index contributed by atoms with van der Waals surface area (Å²) in [5.41, 5.74) is 5.27. The second kappa shape index (κ2) is 13.6. The Hall–Kier alpha value is -4.65. The van der Waals surface area contributed by atoms with E-state index in [1.165, 1.54) is 7.11 Å². The number of nitrogens with zero attached hydrogens (tertiary/aromatic N) is 3. The number of methoxy groups -OCH3 is 1. The first-order chi connectivity index (χ1) is 21.6. The van der Waals surface area contributed by atoms with E-state index in [1.807, 2.05) is 75.5 Å². The third-order valence-corrected chi connectivity index (χ3v) is 9.29. The molecule has 0 radical (unpaired) electrons. The van der Waals surface area contributed by atoms with E-state index in [0.29, 0.717) is 18.7 Å². The van der Waals surface area contributed by atoms with Crippen LogP contribution in [-0.4, -0.2) is 70.7 Å². The number of carbonyl (C=O) groups is 2. The Bertz CT molecular complexity index is 1730. The first-order valence-corrected chi connectivity index (χ1v) is 16.7. The molecule has 5 rings (SSSR count). The molecule has 3 heterocycles. The van der Waals surface area contributed by atoms with Crippen molar-refractivity contribution in [3.05, 3.63) is 66.7 Å². The van der Waals surface area contributed by atoms with Crippen molar-refractivity contribution in [2.45, 2.75) is 52.1 Å². The van der Waals surface area contributed by atoms with Crippen LogP contribution < -0.4 is 10.0 Å². The van der Waals surface area contributed by atoms with Crippen molar-refractivity contribution in [3.8, 4) is 33.6 Å². The third-order valence-electron chi connectivity index (χ3n) is 7.84. The molecule has 13 heteroatoms. The fourth-order valence-corrected chi connectivity index (χ4v) is 6.54. The van der Waals surface area contributed by atoms with Crippen molar-refractivity contribution in [1.29, 1.82) is 0 Å². The van der Waals surface area contributed by atoms with E-state index in [2.05, 4.69) is 25.0 Å². The van der Waals surface area contributed by atoms with Gasteiger partial charge in [-0.05, 0) is 36.3 Å². The zero-order chi connectivity index (χ0) is 32.1. The molecule has 1 aliphatic rings. The van der Waals surface area contributed by atoms with Gasteiger partial charge in [0, 0.05) is 30.1 Å². The lowest BCUT2D eigenvalue weighted by atomic mass is 10.0. The van der Waals surface area contributed by atoms with Crippen LogP contribution in [0.4, 0.5) is 10.7 Å². The summed E-state index contributed by atoms with van der Waals surface area (Å²) in [5.74, 6) is 0.708. The molecule has 2 amide bonds. The number of likely N-dealkylation sites (tertiary alicyclic amines) is 1. The molecule has 4 N–H and O–H groups in total. The number of hydrogen-bond donors (Lipinski definition) is 4. The predicted octanol–water partition coefficient (Wildman–Crippen LogP) is 5.33. The standard InChI is InChI=1S/C32H39N7O5S/c1-5-17-45(42,43)38-31-34-19-26(36-31)24-14-10-22(11-15-24)21-8-12-23(13-9-21)25-18-33-29(35-25)27-7-6-16-39(27)30(40)28(20(2)3)37-32(41)44-4/h8-15,18-20,27-28H,5-7,16-17H2,1-4H3,(H,33,35)(H,37,41)(H2,34,36,38)/t27-,28-/m0/s1. The third kappa shape index (κ3) is 7.36. The molecule has 45 heavy (non-hydrogen) atoms. The summed E-state index contributed by atoms with van der Waals surface area (Å²) in [5, 5.41) is 2.68. The van der Waals surface area contributed by atoms with Crippen LogP contribution in [0.25, 0.3) is 33.6 Å². The van der Waals surface area contributed by atoms with Crippen LogP contribution in [-0.2, 0) is 19.6 Å². The van der Waals surface area contributed by atoms with E-state index in [0.717, 1.165) is 46.6 Å². The van der Waals surface area contributed by atoms with Gasteiger partial charge in [-0.2, -0.15) is 0 Å². The van der Waals surface area contributed by atoms with Gasteiger partial charge in [0.2, 0.25) is 21.9 Å². The van der Waals surface area contributed by atoms with E-state index < -0.39 is 22.2 Å². The van der Waals surface area contributed by atoms with Crippen LogP contribution >= 0.6 is 0 Å². The number of anilines is 1. The average molecular weight is 634 g/mol. The SMILES string of the molecule is CCCS(=O)(=O)Nc1nc(-c2ccc(-c3ccc(-c4c[nH]c([C@@H]5CCCN5C(=O)[C@@H](NC(=O)OC)C(C)C)n4)cc3)cc2)c[nH]1. The van der Waals surface area contributed by atoms with Gasteiger partial charge in [-0.25, -0.2) is 23.2 Å². The first-order valence-electron chi connectivity index (χ1n) is 15.1. The Morgan fingerprint density at radius 1 is 0.956 bits per heavy atom. The minimum absolute atomic E-state index is 0.0362. The van der Waals surface area contributed by atoms with Gasteiger partial charge in [0.05, 0.1) is 30.3 Å². The molecular weight excluding hydrogens is 594 g/mol. The van der Waals surface area contributed by atoms with Crippen molar-refractivity contribution in [2.75, 3.05) is 24.1 Å². The van der Waals surface area contributed by atoms with Gasteiger partial charge in [0.1, 0.15) is 11.9 Å². The van der Waals surface area contributed by atoms with E-state index in [1.54, 1.807) is 11.1 Å². The maximum Gasteiger partial charge on any atom is 0.407 e. The highest BCUT2D eigenvalue weighted by Crippen LogP contribution is 2.33. The molecule has 1 fully saturated rings. The lowest BCUT2D eigenvalue weighted by Crippen LogP contribution is -2.51. The van der Waals surface area contributed by atoms with E-state index >= 15 is 0 Å². The fourth-order valence-electron chi connectivity index (χ4n) is 5.50. The summed E-state index contributed by atoms with van der Waals surface area (Å²) >= 11 is 0. The highest BCUT2D eigenvalue weighted by molar-refractivity contribution is 7.92. The number of aromatic amines is 2. The van der Waals surface area contributed by atoms with Crippen molar-refractivity contribution >= 4 is 28.0 Å². The summed E-state index contributed by atoms with van der Waals surface area (Å²) in [7, 11) is -2.14. The number of alkyl carbamates (subject to hydrolysis) is 1. The fraction of sp³-hybridized carbons (Fsp3) is 0.375. The molecule has 238 valence electrons. The molecular formula is C32H39N7O5S. The summed E-state index contributed by atoms with van der Waals surface area (Å²) in [4.78, 5) is 42.5. The van der Waals surface area contributed by atoms with Crippen LogP contribution in [0.2, 0.25) is 0 Å². The predicted molar refractivity (Wildman–Crippen MR) is 173 cm³/mol. The number of ether oxygens (including phenoxy) is 1. The number of rotatable bonds is 11. The van der Waals surface area contributed by atoms with Crippen LogP contribution in [0, 0.1) is 5.92 Å². The Balaban J connectivity index is 1.26. The van der Waals surface area contributed by atoms with Crippen molar-refractivity contribution in [1.82, 2.24) is 30.2 Å². The summed E-state index contributed by atoms with van der Waals surface area (Å²) in [6.07, 6.45) is 5.06. The molecule has 2 aromatic carbocycles. The molecule has 2 aromatic heterocycles. The minimum atomic E-state index is -3.42. The average Bonchev–Trinajstić information content (AvgIpc) is 3.80. The largest absolute Gasteiger partial charge is 0.453 e. The Morgan fingerprint density at radius 2 is 1.53 bits per heavy atom. The minimum Gasteiger partial charge on any atom is -0.453 e. The summed E-state index contributed by atoms with van der Waals surface area (Å²) < 4.78 is 31.3. The van der Waals surface area contributed by atoms with Crippen LogP contribution in [0.15, 0.2) is 60.9 Å². The van der Waals surface area contributed by atoms with Gasteiger partial charge >= 0.3 is 6.09 Å². The number of aromatic nitrogens is 4. The number of amides is 2.